The van der Waals surface area contributed by atoms with Crippen molar-refractivity contribution < 1.29 is 4.79 Å². The van der Waals surface area contributed by atoms with Gasteiger partial charge in [0.25, 0.3) is 5.91 Å². The predicted octanol–water partition coefficient (Wildman–Crippen LogP) is 4.67. The fraction of sp³-hybridized carbons (Fsp3) is 0.235. The van der Waals surface area contributed by atoms with Gasteiger partial charge >= 0.3 is 0 Å². The first kappa shape index (κ1) is 18.8. The number of benzene rings is 1. The zero-order valence-electron chi connectivity index (χ0n) is 14.1. The molecule has 9 heteroatoms. The van der Waals surface area contributed by atoms with Crippen LogP contribution in [0.3, 0.4) is 0 Å². The lowest BCUT2D eigenvalue weighted by Gasteiger charge is -2.07. The van der Waals surface area contributed by atoms with E-state index in [2.05, 4.69) is 15.5 Å². The van der Waals surface area contributed by atoms with E-state index in [9.17, 15) is 4.79 Å². The van der Waals surface area contributed by atoms with Gasteiger partial charge in [-0.25, -0.2) is 0 Å². The number of hydrogen-bond acceptors (Lipinski definition) is 3. The first-order valence-corrected chi connectivity index (χ1v) is 9.03. The van der Waals surface area contributed by atoms with Gasteiger partial charge in [0.15, 0.2) is 11.5 Å². The monoisotopic (exact) mass is 411 g/mol. The third-order valence-electron chi connectivity index (χ3n) is 3.81. The molecule has 0 unspecified atom stereocenters. The first-order valence-electron chi connectivity index (χ1n) is 7.90. The molecule has 3 rings (SSSR count). The highest BCUT2D eigenvalue weighted by Crippen LogP contribution is 2.23. The van der Waals surface area contributed by atoms with E-state index in [0.717, 1.165) is 11.3 Å². The van der Waals surface area contributed by atoms with E-state index < -0.39 is 5.91 Å². The van der Waals surface area contributed by atoms with Gasteiger partial charge in [0, 0.05) is 34.5 Å². The van der Waals surface area contributed by atoms with E-state index in [1.165, 1.54) is 0 Å². The fourth-order valence-corrected chi connectivity index (χ4v) is 3.14. The number of carbonyl (C=O) groups excluding carboxylic acids is 1. The molecule has 0 saturated heterocycles. The van der Waals surface area contributed by atoms with Crippen LogP contribution in [-0.4, -0.2) is 25.5 Å². The molecule has 0 spiro atoms. The van der Waals surface area contributed by atoms with E-state index in [4.69, 9.17) is 34.8 Å². The normalized spacial score (nSPS) is 11.0. The van der Waals surface area contributed by atoms with Crippen LogP contribution in [0.15, 0.2) is 30.5 Å². The van der Waals surface area contributed by atoms with Crippen molar-refractivity contribution in [2.24, 2.45) is 0 Å². The average Bonchev–Trinajstić information content (AvgIpc) is 3.12. The molecule has 1 aromatic carbocycles. The van der Waals surface area contributed by atoms with Crippen LogP contribution in [-0.2, 0) is 13.1 Å². The van der Waals surface area contributed by atoms with Crippen LogP contribution in [0.5, 0.6) is 0 Å². The summed E-state index contributed by atoms with van der Waals surface area (Å²) in [5, 5.41) is 12.7. The SMILES string of the molecule is CCn1cc(Cl)c(C(=O)Nc2cc(C)n(Cc3ccc(Cl)cc3Cl)n2)n1. The number of aryl methyl sites for hydroxylation is 2. The van der Waals surface area contributed by atoms with Gasteiger partial charge < -0.3 is 5.32 Å². The van der Waals surface area contributed by atoms with Crippen LogP contribution in [0.2, 0.25) is 15.1 Å². The Balaban J connectivity index is 1.77. The second-order valence-electron chi connectivity index (χ2n) is 5.70. The number of aromatic nitrogens is 4. The molecular weight excluding hydrogens is 397 g/mol. The van der Waals surface area contributed by atoms with Gasteiger partial charge in [0.05, 0.1) is 11.6 Å². The quantitative estimate of drug-likeness (QED) is 0.662. The fourth-order valence-electron chi connectivity index (χ4n) is 2.43. The number of nitrogens with one attached hydrogen (secondary N) is 1. The third kappa shape index (κ3) is 4.03. The topological polar surface area (TPSA) is 64.7 Å². The molecule has 0 aliphatic carbocycles. The third-order valence-corrected chi connectivity index (χ3v) is 4.68. The van der Waals surface area contributed by atoms with Crippen molar-refractivity contribution in [1.29, 1.82) is 0 Å². The van der Waals surface area contributed by atoms with Crippen molar-refractivity contribution in [2.75, 3.05) is 5.32 Å². The molecule has 0 saturated carbocycles. The molecule has 26 heavy (non-hydrogen) atoms. The molecule has 1 amide bonds. The summed E-state index contributed by atoms with van der Waals surface area (Å²) in [5.41, 5.74) is 1.92. The zero-order chi connectivity index (χ0) is 18.8. The summed E-state index contributed by atoms with van der Waals surface area (Å²) in [6.07, 6.45) is 1.61. The summed E-state index contributed by atoms with van der Waals surface area (Å²) >= 11 is 18.2. The number of nitrogens with zero attached hydrogens (tertiary/aromatic N) is 4. The van der Waals surface area contributed by atoms with Gasteiger partial charge in [-0.05, 0) is 31.5 Å². The van der Waals surface area contributed by atoms with Crippen molar-refractivity contribution in [1.82, 2.24) is 19.6 Å². The maximum Gasteiger partial charge on any atom is 0.278 e. The van der Waals surface area contributed by atoms with Crippen LogP contribution in [0.25, 0.3) is 0 Å². The number of anilines is 1. The van der Waals surface area contributed by atoms with Gasteiger partial charge in [0.1, 0.15) is 0 Å². The van der Waals surface area contributed by atoms with Crippen molar-refractivity contribution >= 4 is 46.5 Å². The van der Waals surface area contributed by atoms with E-state index >= 15 is 0 Å². The number of rotatable bonds is 5. The van der Waals surface area contributed by atoms with Crippen molar-refractivity contribution in [2.45, 2.75) is 26.9 Å². The Morgan fingerprint density at radius 2 is 1.92 bits per heavy atom. The summed E-state index contributed by atoms with van der Waals surface area (Å²) in [6.45, 7) is 4.90. The Labute approximate surface area is 165 Å². The molecule has 0 bridgehead atoms. The lowest BCUT2D eigenvalue weighted by Crippen LogP contribution is -2.14. The first-order chi connectivity index (χ1) is 12.4. The average molecular weight is 413 g/mol. The smallest absolute Gasteiger partial charge is 0.278 e. The van der Waals surface area contributed by atoms with Gasteiger partial charge in [-0.1, -0.05) is 40.9 Å². The van der Waals surface area contributed by atoms with E-state index in [1.54, 1.807) is 33.8 Å². The molecule has 0 radical (unpaired) electrons. The zero-order valence-corrected chi connectivity index (χ0v) is 16.4. The molecule has 0 aliphatic heterocycles. The molecule has 1 N–H and O–H groups in total. The number of hydrogen-bond donors (Lipinski definition) is 1. The Hall–Kier alpha value is -2.02. The molecule has 2 aromatic heterocycles. The minimum Gasteiger partial charge on any atom is -0.304 e. The van der Waals surface area contributed by atoms with Gasteiger partial charge in [-0.2, -0.15) is 10.2 Å². The largest absolute Gasteiger partial charge is 0.304 e. The van der Waals surface area contributed by atoms with Crippen molar-refractivity contribution in [3.8, 4) is 0 Å². The predicted molar refractivity (Wildman–Crippen MR) is 103 cm³/mol. The summed E-state index contributed by atoms with van der Waals surface area (Å²) < 4.78 is 3.35. The minimum atomic E-state index is -0.406. The summed E-state index contributed by atoms with van der Waals surface area (Å²) in [7, 11) is 0. The van der Waals surface area contributed by atoms with Crippen LogP contribution in [0.4, 0.5) is 5.82 Å². The second-order valence-corrected chi connectivity index (χ2v) is 6.95. The standard InChI is InChI=1S/C17H16Cl3N5O/c1-3-24-9-14(20)16(23-24)17(26)21-15-6-10(2)25(22-15)8-11-4-5-12(18)7-13(11)19/h4-7,9H,3,8H2,1-2H3,(H,21,22,26). The Morgan fingerprint density at radius 3 is 2.58 bits per heavy atom. The summed E-state index contributed by atoms with van der Waals surface area (Å²) in [5.74, 6) is 0.0103. The number of halogens is 3. The van der Waals surface area contributed by atoms with Crippen LogP contribution < -0.4 is 5.32 Å². The molecule has 0 atom stereocenters. The molecule has 2 heterocycles. The molecule has 6 nitrogen and oxygen atoms in total. The highest BCUT2D eigenvalue weighted by molar-refractivity contribution is 6.35. The molecular formula is C17H16Cl3N5O. The highest BCUT2D eigenvalue weighted by atomic mass is 35.5. The van der Waals surface area contributed by atoms with E-state index in [0.29, 0.717) is 34.0 Å². The second kappa shape index (κ2) is 7.70. The molecule has 0 fully saturated rings. The Morgan fingerprint density at radius 1 is 1.15 bits per heavy atom. The maximum absolute atomic E-state index is 12.4. The molecule has 0 aliphatic rings. The van der Waals surface area contributed by atoms with Gasteiger partial charge in [-0.15, -0.1) is 0 Å². The van der Waals surface area contributed by atoms with E-state index in [-0.39, 0.29) is 5.69 Å². The Kier molecular flexibility index (Phi) is 5.55. The van der Waals surface area contributed by atoms with Crippen molar-refractivity contribution in [3.05, 3.63) is 62.5 Å². The lowest BCUT2D eigenvalue weighted by atomic mass is 10.2. The summed E-state index contributed by atoms with van der Waals surface area (Å²) in [6, 6.07) is 7.08. The number of carbonyl (C=O) groups is 1. The van der Waals surface area contributed by atoms with Gasteiger partial charge in [0.2, 0.25) is 0 Å². The van der Waals surface area contributed by atoms with Crippen LogP contribution in [0.1, 0.15) is 28.7 Å². The van der Waals surface area contributed by atoms with Crippen LogP contribution >= 0.6 is 34.8 Å². The van der Waals surface area contributed by atoms with E-state index in [1.807, 2.05) is 19.9 Å². The maximum atomic E-state index is 12.4. The minimum absolute atomic E-state index is 0.168. The molecule has 3 aromatic rings. The Bertz CT molecular complexity index is 963. The highest BCUT2D eigenvalue weighted by Gasteiger charge is 2.17. The van der Waals surface area contributed by atoms with Crippen molar-refractivity contribution in [3.63, 3.8) is 0 Å². The van der Waals surface area contributed by atoms with Crippen LogP contribution in [0, 0.1) is 6.92 Å². The number of amides is 1. The molecule has 136 valence electrons. The van der Waals surface area contributed by atoms with Gasteiger partial charge in [-0.3, -0.25) is 14.2 Å². The summed E-state index contributed by atoms with van der Waals surface area (Å²) in [4.78, 5) is 12.4. The lowest BCUT2D eigenvalue weighted by molar-refractivity contribution is 0.102.